The van der Waals surface area contributed by atoms with Crippen LogP contribution < -0.4 is 4.74 Å². The van der Waals surface area contributed by atoms with Crippen LogP contribution >= 0.6 is 11.6 Å². The summed E-state index contributed by atoms with van der Waals surface area (Å²) in [5, 5.41) is 5.23. The molecule has 32 heavy (non-hydrogen) atoms. The topological polar surface area (TPSA) is 59.7 Å². The molecule has 1 fully saturated rings. The van der Waals surface area contributed by atoms with Crippen molar-refractivity contribution in [3.8, 4) is 5.75 Å². The molecule has 3 heterocycles. The lowest BCUT2D eigenvalue weighted by atomic mass is 9.79. The number of nitrogens with zero attached hydrogens (tertiary/aromatic N) is 4. The molecule has 1 aliphatic carbocycles. The molecular formula is C24H26ClFN4O2. The van der Waals surface area contributed by atoms with Gasteiger partial charge in [-0.05, 0) is 44.7 Å². The predicted molar refractivity (Wildman–Crippen MR) is 119 cm³/mol. The lowest BCUT2D eigenvalue weighted by Crippen LogP contribution is -2.34. The minimum atomic E-state index is -0.407. The van der Waals surface area contributed by atoms with Crippen LogP contribution in [0.2, 0.25) is 5.02 Å². The summed E-state index contributed by atoms with van der Waals surface area (Å²) < 4.78 is 21.8. The molecule has 1 saturated carbocycles. The van der Waals surface area contributed by atoms with E-state index in [9.17, 15) is 9.18 Å². The Kier molecular flexibility index (Phi) is 5.32. The van der Waals surface area contributed by atoms with Crippen molar-refractivity contribution in [1.29, 1.82) is 0 Å². The minimum Gasteiger partial charge on any atom is -0.489 e. The number of ether oxygens (including phenoxy) is 1. The summed E-state index contributed by atoms with van der Waals surface area (Å²) >= 11 is 6.32. The lowest BCUT2D eigenvalue weighted by molar-refractivity contribution is 0.0565. The van der Waals surface area contributed by atoms with E-state index in [-0.39, 0.29) is 12.0 Å². The van der Waals surface area contributed by atoms with Crippen molar-refractivity contribution in [2.24, 2.45) is 5.92 Å². The van der Waals surface area contributed by atoms with Gasteiger partial charge in [0.2, 0.25) is 0 Å². The van der Waals surface area contributed by atoms with Gasteiger partial charge in [-0.1, -0.05) is 31.4 Å². The molecule has 1 aliphatic heterocycles. The number of carbonyl (C=O) groups excluding carboxylic acids is 1. The van der Waals surface area contributed by atoms with E-state index in [1.807, 2.05) is 13.8 Å². The smallest absolute Gasteiger partial charge is 0.258 e. The van der Waals surface area contributed by atoms with Gasteiger partial charge in [0.1, 0.15) is 11.6 Å². The second-order valence-corrected chi connectivity index (χ2v) is 9.30. The third-order valence-electron chi connectivity index (χ3n) is 6.60. The Balaban J connectivity index is 1.38. The van der Waals surface area contributed by atoms with Crippen LogP contribution in [0.3, 0.4) is 0 Å². The van der Waals surface area contributed by atoms with E-state index in [0.717, 1.165) is 47.6 Å². The zero-order chi connectivity index (χ0) is 22.6. The molecule has 3 aromatic rings. The average molecular weight is 457 g/mol. The Morgan fingerprint density at radius 3 is 2.81 bits per heavy atom. The molecule has 0 N–H and O–H groups in total. The fourth-order valence-electron chi connectivity index (χ4n) is 4.79. The van der Waals surface area contributed by atoms with E-state index in [1.54, 1.807) is 9.42 Å². The van der Waals surface area contributed by atoms with Gasteiger partial charge in [-0.3, -0.25) is 4.79 Å². The van der Waals surface area contributed by atoms with Crippen LogP contribution in [0.15, 0.2) is 18.2 Å². The molecule has 5 rings (SSSR count). The molecule has 2 aliphatic rings. The number of amides is 1. The zero-order valence-corrected chi connectivity index (χ0v) is 19.2. The lowest BCUT2D eigenvalue weighted by Gasteiger charge is -2.35. The van der Waals surface area contributed by atoms with Crippen LogP contribution in [0.4, 0.5) is 4.39 Å². The maximum Gasteiger partial charge on any atom is 0.258 e. The highest BCUT2D eigenvalue weighted by molar-refractivity contribution is 6.31. The summed E-state index contributed by atoms with van der Waals surface area (Å²) in [6, 6.07) is 4.15. The van der Waals surface area contributed by atoms with Crippen molar-refractivity contribution in [3.05, 3.63) is 57.2 Å². The van der Waals surface area contributed by atoms with Crippen LogP contribution in [-0.2, 0) is 13.1 Å². The molecule has 0 saturated heterocycles. The molecule has 1 aromatic carbocycles. The zero-order valence-electron chi connectivity index (χ0n) is 18.5. The van der Waals surface area contributed by atoms with E-state index in [2.05, 4.69) is 17.0 Å². The first-order valence-electron chi connectivity index (χ1n) is 11.1. The summed E-state index contributed by atoms with van der Waals surface area (Å²) in [6.45, 7) is 6.70. The number of fused-ring (bicyclic) bond motifs is 3. The number of benzene rings is 1. The Morgan fingerprint density at radius 2 is 2.06 bits per heavy atom. The maximum absolute atomic E-state index is 14.0. The predicted octanol–water partition coefficient (Wildman–Crippen LogP) is 5.25. The molecule has 0 radical (unpaired) electrons. The quantitative estimate of drug-likeness (QED) is 0.526. The van der Waals surface area contributed by atoms with Gasteiger partial charge in [-0.15, -0.1) is 0 Å². The van der Waals surface area contributed by atoms with Crippen molar-refractivity contribution in [2.75, 3.05) is 0 Å². The second kappa shape index (κ2) is 8.03. The maximum atomic E-state index is 14.0. The monoisotopic (exact) mass is 456 g/mol. The van der Waals surface area contributed by atoms with Crippen molar-refractivity contribution in [3.63, 3.8) is 0 Å². The summed E-state index contributed by atoms with van der Waals surface area (Å²) in [7, 11) is 0. The summed E-state index contributed by atoms with van der Waals surface area (Å²) in [5.74, 6) is 0.388. The molecule has 168 valence electrons. The normalized spacial score (nSPS) is 19.8. The Labute approximate surface area is 191 Å². The summed E-state index contributed by atoms with van der Waals surface area (Å²) in [4.78, 5) is 19.7. The third-order valence-corrected chi connectivity index (χ3v) is 7.15. The highest BCUT2D eigenvalue weighted by Gasteiger charge is 2.34. The highest BCUT2D eigenvalue weighted by Crippen LogP contribution is 2.37. The van der Waals surface area contributed by atoms with Crippen LogP contribution in [0, 0.1) is 25.6 Å². The van der Waals surface area contributed by atoms with E-state index in [0.29, 0.717) is 35.3 Å². The molecule has 0 bridgehead atoms. The van der Waals surface area contributed by atoms with Gasteiger partial charge in [0.05, 0.1) is 46.9 Å². The molecule has 8 heteroatoms. The molecule has 0 atom stereocenters. The SMILES string of the molecule is CCCC1CC(Oc2cc(F)ccc2C(=O)N2Cc3nn4c(C)c(Cl)c(C)nc4c3C2)C1. The van der Waals surface area contributed by atoms with Crippen LogP contribution in [-0.4, -0.2) is 31.5 Å². The first-order valence-corrected chi connectivity index (χ1v) is 11.5. The average Bonchev–Trinajstić information content (AvgIpc) is 3.29. The molecule has 1 amide bonds. The van der Waals surface area contributed by atoms with Gasteiger partial charge in [0, 0.05) is 11.6 Å². The number of aromatic nitrogens is 3. The summed E-state index contributed by atoms with van der Waals surface area (Å²) in [5.41, 5.74) is 4.41. The first kappa shape index (κ1) is 21.2. The van der Waals surface area contributed by atoms with Gasteiger partial charge >= 0.3 is 0 Å². The highest BCUT2D eigenvalue weighted by atomic mass is 35.5. The number of hydrogen-bond donors (Lipinski definition) is 0. The molecule has 6 nitrogen and oxygen atoms in total. The molecular weight excluding hydrogens is 431 g/mol. The minimum absolute atomic E-state index is 0.0415. The fourth-order valence-corrected chi connectivity index (χ4v) is 4.91. The summed E-state index contributed by atoms with van der Waals surface area (Å²) in [6.07, 6.45) is 4.29. The molecule has 2 aromatic heterocycles. The van der Waals surface area contributed by atoms with E-state index in [1.165, 1.54) is 24.6 Å². The number of hydrogen-bond acceptors (Lipinski definition) is 4. The van der Waals surface area contributed by atoms with E-state index < -0.39 is 5.82 Å². The van der Waals surface area contributed by atoms with E-state index in [4.69, 9.17) is 16.3 Å². The molecule has 0 spiro atoms. The number of aryl methyl sites for hydroxylation is 2. The van der Waals surface area contributed by atoms with Gasteiger partial charge in [-0.25, -0.2) is 13.9 Å². The Morgan fingerprint density at radius 1 is 1.28 bits per heavy atom. The van der Waals surface area contributed by atoms with Gasteiger partial charge in [0.25, 0.3) is 5.91 Å². The standard InChI is InChI=1S/C24H26ClFN4O2/c1-4-5-15-8-17(9-15)32-21-10-16(26)6-7-18(21)24(31)29-11-19-20(12-29)28-30-14(3)22(25)13(2)27-23(19)30/h6-7,10,15,17H,4-5,8-9,11-12H2,1-3H3. The Bertz CT molecular complexity index is 1220. The van der Waals surface area contributed by atoms with Crippen LogP contribution in [0.1, 0.15) is 65.6 Å². The number of halogens is 2. The second-order valence-electron chi connectivity index (χ2n) is 8.92. The molecule has 0 unspecified atom stereocenters. The van der Waals surface area contributed by atoms with Gasteiger partial charge in [-0.2, -0.15) is 5.10 Å². The third kappa shape index (κ3) is 3.52. The van der Waals surface area contributed by atoms with Crippen molar-refractivity contribution >= 4 is 23.2 Å². The first-order chi connectivity index (χ1) is 15.4. The van der Waals surface area contributed by atoms with Crippen molar-refractivity contribution < 1.29 is 13.9 Å². The largest absolute Gasteiger partial charge is 0.489 e. The van der Waals surface area contributed by atoms with Crippen LogP contribution in [0.5, 0.6) is 5.75 Å². The fraction of sp³-hybridized carbons (Fsp3) is 0.458. The van der Waals surface area contributed by atoms with Crippen LogP contribution in [0.25, 0.3) is 5.65 Å². The van der Waals surface area contributed by atoms with Gasteiger partial charge in [0.15, 0.2) is 5.65 Å². The number of carbonyl (C=O) groups is 1. The number of rotatable bonds is 5. The Hall–Kier alpha value is -2.67. The van der Waals surface area contributed by atoms with E-state index >= 15 is 0 Å². The van der Waals surface area contributed by atoms with Crippen molar-refractivity contribution in [1.82, 2.24) is 19.5 Å². The van der Waals surface area contributed by atoms with Crippen molar-refractivity contribution in [2.45, 2.75) is 65.6 Å². The van der Waals surface area contributed by atoms with Gasteiger partial charge < -0.3 is 9.64 Å².